The number of aromatic nitrogens is 7. The second kappa shape index (κ2) is 18.0. The van der Waals surface area contributed by atoms with Crippen molar-refractivity contribution in [3.05, 3.63) is 129 Å². The lowest BCUT2D eigenvalue weighted by molar-refractivity contribution is -0.138. The van der Waals surface area contributed by atoms with Gasteiger partial charge in [-0.1, -0.05) is 27.7 Å². The molecule has 3 N–H and O–H groups in total. The van der Waals surface area contributed by atoms with Crippen LogP contribution in [0.25, 0.3) is 44.6 Å². The smallest absolute Gasteiger partial charge is 0.417 e. The van der Waals surface area contributed by atoms with Gasteiger partial charge in [0, 0.05) is 29.3 Å². The SMILES string of the molecule is CCN(CC)C(=O)c1cc(-c2cn(-c3ccc(C)c(C(=O)O)c3)nn2)nc(-c2cn(-c3ccc(C(F)(F)F)c(C(=O)O)c3)nn2)c1.[N-]=[N+]=Nc1ccc(C(F)(F)F)c(C(=O)O)c1. The van der Waals surface area contributed by atoms with Gasteiger partial charge in [-0.2, -0.15) is 26.3 Å². The van der Waals surface area contributed by atoms with Gasteiger partial charge in [0.1, 0.15) is 11.4 Å². The maximum Gasteiger partial charge on any atom is 0.417 e. The molecule has 0 saturated heterocycles. The Bertz CT molecular complexity index is 2760. The van der Waals surface area contributed by atoms with Gasteiger partial charge < -0.3 is 20.2 Å². The number of rotatable bonds is 11. The highest BCUT2D eigenvalue weighted by molar-refractivity contribution is 5.96. The van der Waals surface area contributed by atoms with Crippen molar-refractivity contribution in [1.29, 1.82) is 0 Å². The van der Waals surface area contributed by atoms with Gasteiger partial charge in [0.15, 0.2) is 0 Å². The predicted octanol–water partition coefficient (Wildman–Crippen LogP) is 8.13. The molecule has 6 rings (SSSR count). The summed E-state index contributed by atoms with van der Waals surface area (Å²) in [6.45, 7) is 6.17. The summed E-state index contributed by atoms with van der Waals surface area (Å²) in [6, 6.07) is 12.4. The summed E-state index contributed by atoms with van der Waals surface area (Å²) >= 11 is 0. The molecule has 0 aliphatic rings. The van der Waals surface area contributed by atoms with Gasteiger partial charge in [-0.3, -0.25) is 4.79 Å². The van der Waals surface area contributed by atoms with E-state index in [4.69, 9.17) is 10.6 Å². The number of nitrogens with zero attached hydrogens (tertiary/aromatic N) is 11. The van der Waals surface area contributed by atoms with Crippen LogP contribution in [0.1, 0.15) is 72.0 Å². The first-order valence-electron chi connectivity index (χ1n) is 17.6. The Balaban J connectivity index is 0.000000382. The van der Waals surface area contributed by atoms with Crippen molar-refractivity contribution < 1.29 is 60.8 Å². The number of benzene rings is 3. The zero-order valence-corrected chi connectivity index (χ0v) is 32.1. The molecular weight excluding hydrogens is 836 g/mol. The summed E-state index contributed by atoms with van der Waals surface area (Å²) in [5.41, 5.74) is 5.47. The van der Waals surface area contributed by atoms with Crippen LogP contribution in [0.4, 0.5) is 32.0 Å². The Morgan fingerprint density at radius 2 is 1.13 bits per heavy atom. The van der Waals surface area contributed by atoms with E-state index >= 15 is 0 Å². The summed E-state index contributed by atoms with van der Waals surface area (Å²) in [4.78, 5) is 55.7. The molecule has 0 spiro atoms. The Morgan fingerprint density at radius 3 is 1.58 bits per heavy atom. The van der Waals surface area contributed by atoms with Crippen LogP contribution >= 0.6 is 0 Å². The van der Waals surface area contributed by atoms with Crippen LogP contribution in [0.15, 0.2) is 84.2 Å². The van der Waals surface area contributed by atoms with E-state index in [1.54, 1.807) is 24.0 Å². The summed E-state index contributed by atoms with van der Waals surface area (Å²) in [5, 5.41) is 46.8. The number of hydrogen-bond acceptors (Lipinski definition) is 10. The Hall–Kier alpha value is -8.14. The molecule has 3 aromatic heterocycles. The van der Waals surface area contributed by atoms with E-state index in [-0.39, 0.29) is 51.2 Å². The molecular formula is C38H29F6N11O7. The molecule has 0 fully saturated rings. The number of azide groups is 1. The minimum atomic E-state index is -4.88. The molecule has 0 radical (unpaired) electrons. The minimum absolute atomic E-state index is 0.00140. The van der Waals surface area contributed by atoms with E-state index in [0.717, 1.165) is 22.9 Å². The third-order valence-corrected chi connectivity index (χ3v) is 8.85. The zero-order chi connectivity index (χ0) is 45.7. The standard InChI is InChI=1S/C30H25F3N8O5.C8H4F3N3O2/c1-4-39(5-2)27(42)17-10-23(25-14-40(37-35-25)18-7-6-16(3)20(12-18)28(43)44)34-24(11-17)26-15-41(38-36-26)19-8-9-22(30(31,32)33)21(13-19)29(45)46;9-8(10,11)6-2-1-4(13-14-12)3-5(6)7(15)16/h6-15H,4-5H2,1-3H3,(H,43,44)(H,45,46);1-3H,(H,15,16). The number of aromatic carboxylic acids is 3. The maximum absolute atomic E-state index is 13.4. The largest absolute Gasteiger partial charge is 0.478 e. The topological polar surface area (TPSA) is 255 Å². The van der Waals surface area contributed by atoms with Crippen LogP contribution in [-0.4, -0.2) is 92.1 Å². The molecule has 3 heterocycles. The number of alkyl halides is 6. The van der Waals surface area contributed by atoms with Gasteiger partial charge in [0.05, 0.1) is 63.0 Å². The van der Waals surface area contributed by atoms with Crippen molar-refractivity contribution >= 4 is 29.5 Å². The van der Waals surface area contributed by atoms with Crippen molar-refractivity contribution in [2.24, 2.45) is 5.11 Å². The van der Waals surface area contributed by atoms with Gasteiger partial charge in [0.2, 0.25) is 0 Å². The minimum Gasteiger partial charge on any atom is -0.478 e. The van der Waals surface area contributed by atoms with E-state index in [2.05, 4.69) is 35.6 Å². The van der Waals surface area contributed by atoms with Crippen LogP contribution in [0.3, 0.4) is 0 Å². The first-order chi connectivity index (χ1) is 29.2. The lowest BCUT2D eigenvalue weighted by atomic mass is 10.1. The van der Waals surface area contributed by atoms with Crippen molar-refractivity contribution in [1.82, 2.24) is 39.9 Å². The number of carbonyl (C=O) groups excluding carboxylic acids is 1. The van der Waals surface area contributed by atoms with E-state index < -0.39 is 52.5 Å². The second-order valence-corrected chi connectivity index (χ2v) is 12.8. The molecule has 0 bridgehead atoms. The monoisotopic (exact) mass is 865 g/mol. The lowest BCUT2D eigenvalue weighted by Crippen LogP contribution is -2.30. The summed E-state index contributed by atoms with van der Waals surface area (Å²) < 4.78 is 79.6. The first kappa shape index (κ1) is 45.0. The van der Waals surface area contributed by atoms with Crippen LogP contribution in [-0.2, 0) is 12.4 Å². The van der Waals surface area contributed by atoms with Crippen molar-refractivity contribution in [3.8, 4) is 34.2 Å². The molecule has 62 heavy (non-hydrogen) atoms. The number of carboxylic acid groups (broad SMARTS) is 3. The molecule has 1 amide bonds. The average Bonchev–Trinajstić information content (AvgIpc) is 3.92. The second-order valence-electron chi connectivity index (χ2n) is 12.8. The fourth-order valence-electron chi connectivity index (χ4n) is 5.78. The molecule has 0 aliphatic carbocycles. The van der Waals surface area contributed by atoms with Crippen LogP contribution in [0.2, 0.25) is 0 Å². The summed E-state index contributed by atoms with van der Waals surface area (Å²) in [7, 11) is 0. The van der Waals surface area contributed by atoms with Crippen molar-refractivity contribution in [2.75, 3.05) is 13.1 Å². The van der Waals surface area contributed by atoms with Gasteiger partial charge in [-0.05, 0) is 86.5 Å². The lowest BCUT2D eigenvalue weighted by Gasteiger charge is -2.19. The number of aryl methyl sites for hydroxylation is 1. The fraction of sp³-hybridized carbons (Fsp3) is 0.184. The van der Waals surface area contributed by atoms with Gasteiger partial charge in [0.25, 0.3) is 5.91 Å². The fourth-order valence-corrected chi connectivity index (χ4v) is 5.78. The third-order valence-electron chi connectivity index (χ3n) is 8.85. The maximum atomic E-state index is 13.4. The molecule has 24 heteroatoms. The van der Waals surface area contributed by atoms with Crippen LogP contribution < -0.4 is 0 Å². The zero-order valence-electron chi connectivity index (χ0n) is 32.1. The molecule has 6 aromatic rings. The highest BCUT2D eigenvalue weighted by Crippen LogP contribution is 2.35. The first-order valence-corrected chi connectivity index (χ1v) is 17.6. The van der Waals surface area contributed by atoms with Crippen molar-refractivity contribution in [3.63, 3.8) is 0 Å². The van der Waals surface area contributed by atoms with E-state index in [0.29, 0.717) is 42.5 Å². The van der Waals surface area contributed by atoms with Gasteiger partial charge in [-0.15, -0.1) is 10.2 Å². The number of carboxylic acids is 3. The Labute approximate surface area is 343 Å². The molecule has 18 nitrogen and oxygen atoms in total. The average molecular weight is 866 g/mol. The molecule has 0 saturated carbocycles. The molecule has 0 unspecified atom stereocenters. The highest BCUT2D eigenvalue weighted by atomic mass is 19.4. The quantitative estimate of drug-likeness (QED) is 0.0483. The number of halogens is 6. The Kier molecular flexibility index (Phi) is 13.1. The number of carbonyl (C=O) groups is 4. The summed E-state index contributed by atoms with van der Waals surface area (Å²) in [6.07, 6.45) is -6.79. The summed E-state index contributed by atoms with van der Waals surface area (Å²) in [5.74, 6) is -4.91. The van der Waals surface area contributed by atoms with Gasteiger partial charge >= 0.3 is 30.3 Å². The third kappa shape index (κ3) is 9.99. The Morgan fingerprint density at radius 1 is 0.677 bits per heavy atom. The van der Waals surface area contributed by atoms with Crippen molar-refractivity contribution in [2.45, 2.75) is 33.1 Å². The number of amides is 1. The van der Waals surface area contributed by atoms with E-state index in [1.807, 2.05) is 13.8 Å². The number of pyridine rings is 1. The van der Waals surface area contributed by atoms with E-state index in [1.165, 1.54) is 35.3 Å². The van der Waals surface area contributed by atoms with Gasteiger partial charge in [-0.25, -0.2) is 28.7 Å². The molecule has 3 aromatic carbocycles. The van der Waals surface area contributed by atoms with E-state index in [9.17, 15) is 55.7 Å². The molecule has 0 aliphatic heterocycles. The van der Waals surface area contributed by atoms with Crippen LogP contribution in [0.5, 0.6) is 0 Å². The predicted molar refractivity (Wildman–Crippen MR) is 203 cm³/mol. The van der Waals surface area contributed by atoms with Crippen LogP contribution in [0, 0.1) is 6.92 Å². The molecule has 320 valence electrons. The normalized spacial score (nSPS) is 11.2. The highest BCUT2D eigenvalue weighted by Gasteiger charge is 2.36. The molecule has 0 atom stereocenters. The number of hydrogen-bond donors (Lipinski definition) is 3.